The maximum Gasteiger partial charge on any atom is 0.259 e. The van der Waals surface area contributed by atoms with E-state index in [1.807, 2.05) is 26.8 Å². The topological polar surface area (TPSA) is 117 Å². The third kappa shape index (κ3) is 4.64. The van der Waals surface area contributed by atoms with Gasteiger partial charge in [-0.05, 0) is 32.9 Å². The number of nitrogens with one attached hydrogen (secondary N) is 2. The van der Waals surface area contributed by atoms with Crippen molar-refractivity contribution in [3.63, 3.8) is 0 Å². The number of piperazine rings is 1. The van der Waals surface area contributed by atoms with Crippen LogP contribution in [0.15, 0.2) is 22.8 Å². The highest BCUT2D eigenvalue weighted by molar-refractivity contribution is 6.13. The van der Waals surface area contributed by atoms with Crippen molar-refractivity contribution in [1.29, 1.82) is 0 Å². The first kappa shape index (κ1) is 22.6. The van der Waals surface area contributed by atoms with Crippen molar-refractivity contribution in [2.45, 2.75) is 39.7 Å². The lowest BCUT2D eigenvalue weighted by molar-refractivity contribution is -0.129. The average molecular weight is 456 g/mol. The van der Waals surface area contributed by atoms with E-state index >= 15 is 0 Å². The van der Waals surface area contributed by atoms with Crippen molar-refractivity contribution in [2.24, 2.45) is 0 Å². The first-order valence-electron chi connectivity index (χ1n) is 11.1. The third-order valence-corrected chi connectivity index (χ3v) is 5.82. The van der Waals surface area contributed by atoms with Crippen LogP contribution in [0.25, 0.3) is 0 Å². The van der Waals surface area contributed by atoms with Gasteiger partial charge in [0.15, 0.2) is 0 Å². The van der Waals surface area contributed by atoms with Crippen LogP contribution < -0.4 is 20.3 Å². The molecule has 0 unspecified atom stereocenters. The van der Waals surface area contributed by atoms with Crippen LogP contribution in [-0.4, -0.2) is 65.9 Å². The van der Waals surface area contributed by atoms with E-state index in [1.54, 1.807) is 17.9 Å². The van der Waals surface area contributed by atoms with Gasteiger partial charge < -0.3 is 29.6 Å². The van der Waals surface area contributed by atoms with Gasteiger partial charge in [0, 0.05) is 45.1 Å². The number of furan rings is 1. The number of rotatable bonds is 5. The summed E-state index contributed by atoms with van der Waals surface area (Å²) in [5, 5.41) is 5.70. The molecule has 0 aliphatic carbocycles. The van der Waals surface area contributed by atoms with Gasteiger partial charge in [-0.2, -0.15) is 4.98 Å². The van der Waals surface area contributed by atoms with Gasteiger partial charge in [-0.3, -0.25) is 14.4 Å². The first-order valence-corrected chi connectivity index (χ1v) is 11.1. The molecule has 0 spiro atoms. The molecule has 0 bridgehead atoms. The summed E-state index contributed by atoms with van der Waals surface area (Å²) in [6, 6.07) is 3.54. The Kier molecular flexibility index (Phi) is 6.01. The second-order valence-corrected chi connectivity index (χ2v) is 8.86. The lowest BCUT2D eigenvalue weighted by atomic mass is 9.91. The number of nitrogens with zero attached hydrogens (tertiary/aromatic N) is 3. The SMILES string of the molecule is CCOc1nc(N2CCN(C(C)=O)CC2)ccc1NC(=O)c1coc2c1C(=O)NC(C)(C)C2. The number of pyridine rings is 1. The van der Waals surface area contributed by atoms with Crippen LogP contribution in [0.2, 0.25) is 0 Å². The van der Waals surface area contributed by atoms with Crippen LogP contribution in [0.4, 0.5) is 11.5 Å². The fraction of sp³-hybridized carbons (Fsp3) is 0.478. The second-order valence-electron chi connectivity index (χ2n) is 8.86. The number of hydrogen-bond acceptors (Lipinski definition) is 7. The number of ether oxygens (including phenoxy) is 1. The fourth-order valence-electron chi connectivity index (χ4n) is 4.15. The van der Waals surface area contributed by atoms with Gasteiger partial charge in [0.25, 0.3) is 11.8 Å². The van der Waals surface area contributed by atoms with Crippen molar-refractivity contribution in [2.75, 3.05) is 43.0 Å². The molecule has 3 amide bonds. The predicted octanol–water partition coefficient (Wildman–Crippen LogP) is 2.06. The zero-order valence-electron chi connectivity index (χ0n) is 19.4. The van der Waals surface area contributed by atoms with Gasteiger partial charge in [0.05, 0.1) is 17.7 Å². The lowest BCUT2D eigenvalue weighted by Gasteiger charge is -2.35. The van der Waals surface area contributed by atoms with Gasteiger partial charge in [-0.15, -0.1) is 0 Å². The maximum atomic E-state index is 13.0. The van der Waals surface area contributed by atoms with E-state index in [0.717, 1.165) is 0 Å². The van der Waals surface area contributed by atoms with Crippen molar-refractivity contribution in [3.05, 3.63) is 35.3 Å². The predicted molar refractivity (Wildman–Crippen MR) is 122 cm³/mol. The number of aromatic nitrogens is 1. The van der Waals surface area contributed by atoms with Crippen molar-refractivity contribution in [3.8, 4) is 5.88 Å². The standard InChI is InChI=1S/C23H29N5O5/c1-5-32-22-16(6-7-18(25-22)28-10-8-27(9-11-28)14(2)29)24-20(30)15-13-33-17-12-23(3,4)26-21(31)19(15)17/h6-7,13H,5,8-12H2,1-4H3,(H,24,30)(H,26,31). The van der Waals surface area contributed by atoms with Crippen LogP contribution in [-0.2, 0) is 11.2 Å². The molecule has 1 saturated heterocycles. The van der Waals surface area contributed by atoms with Gasteiger partial charge in [0.1, 0.15) is 23.5 Å². The van der Waals surface area contributed by atoms with E-state index in [-0.39, 0.29) is 22.9 Å². The number of amides is 3. The minimum absolute atomic E-state index is 0.0642. The van der Waals surface area contributed by atoms with Crippen molar-refractivity contribution < 1.29 is 23.5 Å². The van der Waals surface area contributed by atoms with Gasteiger partial charge in [-0.25, -0.2) is 0 Å². The van der Waals surface area contributed by atoms with Gasteiger partial charge in [-0.1, -0.05) is 0 Å². The molecule has 1 fully saturated rings. The van der Waals surface area contributed by atoms with Gasteiger partial charge >= 0.3 is 0 Å². The van der Waals surface area contributed by atoms with Crippen LogP contribution >= 0.6 is 0 Å². The number of hydrogen-bond donors (Lipinski definition) is 2. The van der Waals surface area contributed by atoms with Crippen molar-refractivity contribution in [1.82, 2.24) is 15.2 Å². The number of anilines is 2. The molecular weight excluding hydrogens is 426 g/mol. The van der Waals surface area contributed by atoms with E-state index in [0.29, 0.717) is 62.4 Å². The minimum atomic E-state index is -0.472. The molecule has 2 N–H and O–H groups in total. The molecule has 2 aliphatic rings. The Morgan fingerprint density at radius 3 is 2.64 bits per heavy atom. The van der Waals surface area contributed by atoms with E-state index in [2.05, 4.69) is 20.5 Å². The molecule has 10 heteroatoms. The molecule has 2 aliphatic heterocycles. The molecule has 0 atom stereocenters. The summed E-state index contributed by atoms with van der Waals surface area (Å²) in [5.41, 5.74) is 0.398. The van der Waals surface area contributed by atoms with Crippen LogP contribution in [0.5, 0.6) is 5.88 Å². The smallest absolute Gasteiger partial charge is 0.259 e. The van der Waals surface area contributed by atoms with Crippen LogP contribution in [0.3, 0.4) is 0 Å². The third-order valence-electron chi connectivity index (χ3n) is 5.82. The van der Waals surface area contributed by atoms with E-state index in [1.165, 1.54) is 6.26 Å². The zero-order chi connectivity index (χ0) is 23.8. The minimum Gasteiger partial charge on any atom is -0.476 e. The molecule has 0 radical (unpaired) electrons. The summed E-state index contributed by atoms with van der Waals surface area (Å²) >= 11 is 0. The van der Waals surface area contributed by atoms with E-state index < -0.39 is 11.4 Å². The molecule has 4 rings (SSSR count). The highest BCUT2D eigenvalue weighted by atomic mass is 16.5. The molecule has 33 heavy (non-hydrogen) atoms. The largest absolute Gasteiger partial charge is 0.476 e. The Morgan fingerprint density at radius 1 is 1.24 bits per heavy atom. The Morgan fingerprint density at radius 2 is 1.97 bits per heavy atom. The molecular formula is C23H29N5O5. The molecule has 0 aromatic carbocycles. The Balaban J connectivity index is 1.53. The van der Waals surface area contributed by atoms with Crippen LogP contribution in [0.1, 0.15) is 54.2 Å². The summed E-state index contributed by atoms with van der Waals surface area (Å²) in [7, 11) is 0. The summed E-state index contributed by atoms with van der Waals surface area (Å²) in [5.74, 6) is 0.762. The summed E-state index contributed by atoms with van der Waals surface area (Å²) in [6.45, 7) is 10.2. The molecule has 0 saturated carbocycles. The molecule has 2 aromatic heterocycles. The molecule has 4 heterocycles. The van der Waals surface area contributed by atoms with Crippen molar-refractivity contribution >= 4 is 29.2 Å². The van der Waals surface area contributed by atoms with Crippen LogP contribution in [0, 0.1) is 0 Å². The first-order chi connectivity index (χ1) is 15.7. The van der Waals surface area contributed by atoms with E-state index in [9.17, 15) is 14.4 Å². The lowest BCUT2D eigenvalue weighted by Crippen LogP contribution is -2.49. The number of carbonyl (C=O) groups excluding carboxylic acids is 3. The maximum absolute atomic E-state index is 13.0. The second kappa shape index (κ2) is 8.76. The van der Waals surface area contributed by atoms with E-state index in [4.69, 9.17) is 9.15 Å². The quantitative estimate of drug-likeness (QED) is 0.709. The summed E-state index contributed by atoms with van der Waals surface area (Å²) in [4.78, 5) is 45.6. The Labute approximate surface area is 192 Å². The average Bonchev–Trinajstić information content (AvgIpc) is 3.18. The Hall–Kier alpha value is -3.56. The highest BCUT2D eigenvalue weighted by Crippen LogP contribution is 2.30. The monoisotopic (exact) mass is 455 g/mol. The van der Waals surface area contributed by atoms with Gasteiger partial charge in [0.2, 0.25) is 11.8 Å². The highest BCUT2D eigenvalue weighted by Gasteiger charge is 2.36. The Bertz CT molecular complexity index is 1080. The molecule has 176 valence electrons. The summed E-state index contributed by atoms with van der Waals surface area (Å²) < 4.78 is 11.2. The number of fused-ring (bicyclic) bond motifs is 1. The molecule has 2 aromatic rings. The molecule has 10 nitrogen and oxygen atoms in total. The number of carbonyl (C=O) groups is 3. The zero-order valence-corrected chi connectivity index (χ0v) is 19.4. The fourth-order valence-corrected chi connectivity index (χ4v) is 4.15. The summed E-state index contributed by atoms with van der Waals surface area (Å²) in [6.07, 6.45) is 1.82. The normalized spacial score (nSPS) is 17.3.